The number of halogens is 2. The number of nitrogens with zero attached hydrogens (tertiary/aromatic N) is 1. The molecule has 2 aromatic carbocycles. The molecule has 1 saturated carbocycles. The molecular formula is C34H36F2N2O4. The molecule has 2 aliphatic rings. The Balaban J connectivity index is 1.43. The molecule has 8 heteroatoms. The number of carboxylic acids is 1. The number of nitrogens with one attached hydrogen (secondary N) is 1. The number of benzene rings is 2. The number of pyridine rings is 1. The molecule has 3 aromatic rings. The molecule has 0 saturated heterocycles. The summed E-state index contributed by atoms with van der Waals surface area (Å²) >= 11 is 0. The Morgan fingerprint density at radius 2 is 1.71 bits per heavy atom. The fraction of sp³-hybridized carbons (Fsp3) is 0.382. The van der Waals surface area contributed by atoms with Gasteiger partial charge >= 0.3 is 5.97 Å². The molecule has 2 N–H and O–H groups in total. The number of rotatable bonds is 8. The standard InChI is InChI=1S/C34H36F2N2O4/c1-34(2,3)23-10-13-24(14-11-23)42-25-12-8-21-18-30(37-29(26(21)19-25)16-20-6-4-5-7-20)32(39)38-31(33(40)41)22-9-15-27(35)28(36)17-22/h8,10-15,17-20,22,31H,4-7,9,16H2,1-3H3,(H,38,39)(H,40,41)/t22?,31-/m0/s1. The summed E-state index contributed by atoms with van der Waals surface area (Å²) in [6.45, 7) is 6.48. The summed E-state index contributed by atoms with van der Waals surface area (Å²) in [5.74, 6) is -3.30. The Bertz CT molecular complexity index is 1550. The minimum Gasteiger partial charge on any atom is -0.480 e. The Morgan fingerprint density at radius 1 is 1.02 bits per heavy atom. The molecule has 42 heavy (non-hydrogen) atoms. The molecule has 1 heterocycles. The number of ether oxygens (including phenoxy) is 1. The first kappa shape index (κ1) is 29.4. The van der Waals surface area contributed by atoms with Crippen LogP contribution in [-0.4, -0.2) is 28.0 Å². The van der Waals surface area contributed by atoms with Crippen LogP contribution in [0.1, 0.15) is 74.6 Å². The Morgan fingerprint density at radius 3 is 2.36 bits per heavy atom. The lowest BCUT2D eigenvalue weighted by Crippen LogP contribution is -2.46. The van der Waals surface area contributed by atoms with Crippen molar-refractivity contribution in [2.45, 2.75) is 70.8 Å². The molecule has 220 valence electrons. The van der Waals surface area contributed by atoms with Crippen molar-refractivity contribution in [3.8, 4) is 11.5 Å². The maximum Gasteiger partial charge on any atom is 0.326 e. The zero-order chi connectivity index (χ0) is 30.0. The van der Waals surface area contributed by atoms with E-state index in [-0.39, 0.29) is 17.5 Å². The Hall–Kier alpha value is -4.07. The number of hydrogen-bond donors (Lipinski definition) is 2. The average molecular weight is 575 g/mol. The highest BCUT2D eigenvalue weighted by molar-refractivity contribution is 5.99. The van der Waals surface area contributed by atoms with Crippen LogP contribution in [0.4, 0.5) is 8.78 Å². The van der Waals surface area contributed by atoms with Crippen LogP contribution in [0.5, 0.6) is 11.5 Å². The van der Waals surface area contributed by atoms with Crippen LogP contribution in [0.2, 0.25) is 0 Å². The van der Waals surface area contributed by atoms with Crippen LogP contribution >= 0.6 is 0 Å². The van der Waals surface area contributed by atoms with E-state index in [0.717, 1.165) is 54.3 Å². The molecule has 1 fully saturated rings. The summed E-state index contributed by atoms with van der Waals surface area (Å²) < 4.78 is 33.5. The van der Waals surface area contributed by atoms with Gasteiger partial charge in [0.25, 0.3) is 5.91 Å². The van der Waals surface area contributed by atoms with Gasteiger partial charge in [0.2, 0.25) is 0 Å². The third kappa shape index (κ3) is 6.69. The van der Waals surface area contributed by atoms with E-state index in [1.54, 1.807) is 6.07 Å². The second kappa shape index (κ2) is 12.0. The second-order valence-electron chi connectivity index (χ2n) is 12.3. The summed E-state index contributed by atoms with van der Waals surface area (Å²) in [7, 11) is 0. The fourth-order valence-corrected chi connectivity index (χ4v) is 5.75. The lowest BCUT2D eigenvalue weighted by molar-refractivity contribution is -0.140. The van der Waals surface area contributed by atoms with Crippen LogP contribution in [0.3, 0.4) is 0 Å². The summed E-state index contributed by atoms with van der Waals surface area (Å²) in [6.07, 6.45) is 7.02. The summed E-state index contributed by atoms with van der Waals surface area (Å²) in [5, 5.41) is 13.9. The molecule has 0 aliphatic heterocycles. The van der Waals surface area contributed by atoms with Gasteiger partial charge in [-0.15, -0.1) is 0 Å². The van der Waals surface area contributed by atoms with Gasteiger partial charge in [-0.1, -0.05) is 64.7 Å². The lowest BCUT2D eigenvalue weighted by atomic mass is 9.87. The average Bonchev–Trinajstić information content (AvgIpc) is 3.46. The van der Waals surface area contributed by atoms with Gasteiger partial charge in [0.1, 0.15) is 23.2 Å². The van der Waals surface area contributed by atoms with Crippen LogP contribution in [0, 0.1) is 11.8 Å². The van der Waals surface area contributed by atoms with E-state index in [1.165, 1.54) is 5.56 Å². The molecule has 1 amide bonds. The van der Waals surface area contributed by atoms with E-state index < -0.39 is 35.5 Å². The minimum atomic E-state index is -1.44. The Labute approximate surface area is 244 Å². The molecule has 0 radical (unpaired) electrons. The summed E-state index contributed by atoms with van der Waals surface area (Å²) in [6, 6.07) is 13.8. The highest BCUT2D eigenvalue weighted by atomic mass is 19.2. The van der Waals surface area contributed by atoms with Gasteiger partial charge in [-0.2, -0.15) is 0 Å². The van der Waals surface area contributed by atoms with Gasteiger partial charge in [-0.25, -0.2) is 18.6 Å². The van der Waals surface area contributed by atoms with Gasteiger partial charge in [0, 0.05) is 17.0 Å². The van der Waals surface area contributed by atoms with Crippen molar-refractivity contribution < 1.29 is 28.2 Å². The van der Waals surface area contributed by atoms with Gasteiger partial charge < -0.3 is 15.2 Å². The van der Waals surface area contributed by atoms with Gasteiger partial charge in [-0.05, 0) is 77.6 Å². The van der Waals surface area contributed by atoms with Gasteiger partial charge in [0.15, 0.2) is 11.7 Å². The first-order valence-corrected chi connectivity index (χ1v) is 14.5. The molecule has 5 rings (SSSR count). The van der Waals surface area contributed by atoms with Crippen LogP contribution in [0.25, 0.3) is 10.8 Å². The largest absolute Gasteiger partial charge is 0.480 e. The first-order chi connectivity index (χ1) is 20.0. The number of aliphatic carboxylic acids is 1. The highest BCUT2D eigenvalue weighted by Gasteiger charge is 2.32. The number of carboxylic acid groups (broad SMARTS) is 1. The molecule has 0 bridgehead atoms. The summed E-state index contributed by atoms with van der Waals surface area (Å²) in [5.41, 5.74) is 2.07. The number of carbonyl (C=O) groups excluding carboxylic acids is 1. The van der Waals surface area contributed by atoms with Crippen molar-refractivity contribution in [2.24, 2.45) is 11.8 Å². The van der Waals surface area contributed by atoms with Gasteiger partial charge in [-0.3, -0.25) is 4.79 Å². The van der Waals surface area contributed by atoms with E-state index in [4.69, 9.17) is 9.72 Å². The molecule has 1 aromatic heterocycles. The van der Waals surface area contributed by atoms with Crippen molar-refractivity contribution in [2.75, 3.05) is 0 Å². The lowest BCUT2D eigenvalue weighted by Gasteiger charge is -2.23. The monoisotopic (exact) mass is 574 g/mol. The predicted molar refractivity (Wildman–Crippen MR) is 158 cm³/mol. The maximum absolute atomic E-state index is 13.9. The number of aromatic nitrogens is 1. The topological polar surface area (TPSA) is 88.5 Å². The Kier molecular flexibility index (Phi) is 8.43. The SMILES string of the molecule is CC(C)(C)c1ccc(Oc2ccc3cc(C(=O)N[C@H](C(=O)O)C4C=C(F)C(F)=CC4)nc(CC4CCCC4)c3c2)cc1. The fourth-order valence-electron chi connectivity index (χ4n) is 5.75. The third-order valence-corrected chi connectivity index (χ3v) is 8.17. The van der Waals surface area contributed by atoms with E-state index in [2.05, 4.69) is 38.2 Å². The van der Waals surface area contributed by atoms with Crippen molar-refractivity contribution in [1.82, 2.24) is 10.3 Å². The van der Waals surface area contributed by atoms with Crippen molar-refractivity contribution in [1.29, 1.82) is 0 Å². The predicted octanol–water partition coefficient (Wildman–Crippen LogP) is 7.97. The van der Waals surface area contributed by atoms with Crippen LogP contribution < -0.4 is 10.1 Å². The molecule has 6 nitrogen and oxygen atoms in total. The normalized spacial score (nSPS) is 18.4. The maximum atomic E-state index is 13.9. The van der Waals surface area contributed by atoms with Crippen molar-refractivity contribution in [3.05, 3.63) is 89.3 Å². The number of allylic oxidation sites excluding steroid dienone is 3. The van der Waals surface area contributed by atoms with E-state index in [0.29, 0.717) is 23.8 Å². The number of amides is 1. The molecule has 2 atom stereocenters. The quantitative estimate of drug-likeness (QED) is 0.285. The van der Waals surface area contributed by atoms with Crippen LogP contribution in [0.15, 0.2) is 72.3 Å². The molecule has 2 aliphatic carbocycles. The first-order valence-electron chi connectivity index (χ1n) is 14.5. The molecular weight excluding hydrogens is 538 g/mol. The van der Waals surface area contributed by atoms with Crippen molar-refractivity contribution in [3.63, 3.8) is 0 Å². The smallest absolute Gasteiger partial charge is 0.326 e. The van der Waals surface area contributed by atoms with Crippen molar-refractivity contribution >= 4 is 22.6 Å². The van der Waals surface area contributed by atoms with E-state index in [9.17, 15) is 23.5 Å². The number of hydrogen-bond acceptors (Lipinski definition) is 4. The number of fused-ring (bicyclic) bond motifs is 1. The molecule has 1 unspecified atom stereocenters. The second-order valence-corrected chi connectivity index (χ2v) is 12.3. The van der Waals surface area contributed by atoms with E-state index in [1.807, 2.05) is 30.3 Å². The zero-order valence-electron chi connectivity index (χ0n) is 24.1. The zero-order valence-corrected chi connectivity index (χ0v) is 24.1. The highest BCUT2D eigenvalue weighted by Crippen LogP contribution is 2.34. The number of carbonyl (C=O) groups is 2. The van der Waals surface area contributed by atoms with E-state index >= 15 is 0 Å². The minimum absolute atomic E-state index is 0.0367. The third-order valence-electron chi connectivity index (χ3n) is 8.17. The van der Waals surface area contributed by atoms with Gasteiger partial charge in [0.05, 0.1) is 0 Å². The van der Waals surface area contributed by atoms with Crippen LogP contribution in [-0.2, 0) is 16.6 Å². The molecule has 0 spiro atoms. The summed E-state index contributed by atoms with van der Waals surface area (Å²) in [4.78, 5) is 30.0.